The Morgan fingerprint density at radius 2 is 1.85 bits per heavy atom. The maximum Gasteiger partial charge on any atom is 0.0813 e. The maximum atomic E-state index is 10.3. The zero-order valence-electron chi connectivity index (χ0n) is 12.8. The molecule has 0 aromatic heterocycles. The van der Waals surface area contributed by atoms with Crippen LogP contribution in [0.5, 0.6) is 0 Å². The van der Waals surface area contributed by atoms with Crippen LogP contribution in [0.25, 0.3) is 0 Å². The first-order chi connectivity index (χ1) is 9.54. The van der Waals surface area contributed by atoms with Gasteiger partial charge in [-0.25, -0.2) is 0 Å². The quantitative estimate of drug-likeness (QED) is 0.746. The second kappa shape index (κ2) is 9.50. The van der Waals surface area contributed by atoms with Gasteiger partial charge in [0, 0.05) is 11.0 Å². The number of hydrogen-bond donors (Lipinski definition) is 1. The average molecular weight is 343 g/mol. The Hall–Kier alpha value is -0.420. The van der Waals surface area contributed by atoms with Crippen molar-refractivity contribution in [2.75, 3.05) is 40.3 Å². The van der Waals surface area contributed by atoms with E-state index in [1.54, 1.807) is 0 Å². The minimum Gasteiger partial charge on any atom is -0.388 e. The van der Waals surface area contributed by atoms with Crippen LogP contribution in [0.1, 0.15) is 31.4 Å². The van der Waals surface area contributed by atoms with Gasteiger partial charge in [-0.3, -0.25) is 0 Å². The van der Waals surface area contributed by atoms with Gasteiger partial charge in [0.2, 0.25) is 0 Å². The zero-order chi connectivity index (χ0) is 15.0. The lowest BCUT2D eigenvalue weighted by Gasteiger charge is -2.23. The van der Waals surface area contributed by atoms with E-state index in [4.69, 9.17) is 0 Å². The van der Waals surface area contributed by atoms with E-state index < -0.39 is 6.10 Å². The maximum absolute atomic E-state index is 10.3. The number of benzene rings is 1. The first-order valence-electron chi connectivity index (χ1n) is 7.34. The van der Waals surface area contributed by atoms with E-state index >= 15 is 0 Å². The summed E-state index contributed by atoms with van der Waals surface area (Å²) in [5.74, 6) is 0. The highest BCUT2D eigenvalue weighted by molar-refractivity contribution is 9.10. The summed E-state index contributed by atoms with van der Waals surface area (Å²) in [5.41, 5.74) is 0.983. The van der Waals surface area contributed by atoms with Gasteiger partial charge in [-0.15, -0.1) is 0 Å². The summed E-state index contributed by atoms with van der Waals surface area (Å²) in [4.78, 5) is 4.62. The molecule has 0 fully saturated rings. The van der Waals surface area contributed by atoms with Crippen molar-refractivity contribution >= 4 is 15.9 Å². The molecule has 0 aliphatic carbocycles. The molecule has 0 amide bonds. The summed E-state index contributed by atoms with van der Waals surface area (Å²) in [7, 11) is 4.21. The second-order valence-corrected chi connectivity index (χ2v) is 6.27. The average Bonchev–Trinajstić information content (AvgIpc) is 2.42. The Morgan fingerprint density at radius 1 is 1.15 bits per heavy atom. The van der Waals surface area contributed by atoms with Gasteiger partial charge in [-0.05, 0) is 58.2 Å². The van der Waals surface area contributed by atoms with Crippen molar-refractivity contribution in [1.82, 2.24) is 9.80 Å². The summed E-state index contributed by atoms with van der Waals surface area (Å²) >= 11 is 3.50. The van der Waals surface area contributed by atoms with E-state index in [2.05, 4.69) is 46.7 Å². The van der Waals surface area contributed by atoms with Crippen molar-refractivity contribution in [2.45, 2.75) is 25.9 Å². The van der Waals surface area contributed by atoms with Crippen LogP contribution in [0.15, 0.2) is 28.7 Å². The molecule has 0 aliphatic rings. The fourth-order valence-electron chi connectivity index (χ4n) is 2.24. The minimum absolute atomic E-state index is 0.395. The Morgan fingerprint density at radius 3 is 2.45 bits per heavy atom. The number of aliphatic hydroxyl groups is 1. The van der Waals surface area contributed by atoms with Crippen LogP contribution in [0.2, 0.25) is 0 Å². The molecule has 1 atom stereocenters. The lowest BCUT2D eigenvalue weighted by Crippen LogP contribution is -2.29. The van der Waals surface area contributed by atoms with Gasteiger partial charge in [-0.1, -0.05) is 41.1 Å². The molecule has 1 unspecified atom stereocenters. The molecule has 1 rings (SSSR count). The number of halogens is 1. The van der Waals surface area contributed by atoms with Crippen molar-refractivity contribution in [1.29, 1.82) is 0 Å². The molecular weight excluding hydrogens is 316 g/mol. The normalized spacial score (nSPS) is 13.2. The lowest BCUT2D eigenvalue weighted by atomic mass is 10.1. The summed E-state index contributed by atoms with van der Waals surface area (Å²) < 4.78 is 0.989. The fraction of sp³-hybridized carbons (Fsp3) is 0.625. The number of aliphatic hydroxyl groups excluding tert-OH is 1. The minimum atomic E-state index is -0.395. The first-order valence-corrected chi connectivity index (χ1v) is 8.13. The SMILES string of the molecule is CCN(CCCN(C)C)CCC(O)c1ccccc1Br. The molecule has 1 N–H and O–H groups in total. The Kier molecular flexibility index (Phi) is 8.38. The van der Waals surface area contributed by atoms with Gasteiger partial charge in [0.15, 0.2) is 0 Å². The number of nitrogens with zero attached hydrogens (tertiary/aromatic N) is 2. The smallest absolute Gasteiger partial charge is 0.0813 e. The van der Waals surface area contributed by atoms with Crippen LogP contribution < -0.4 is 0 Å². The third-order valence-electron chi connectivity index (χ3n) is 3.51. The Bertz CT molecular complexity index is 384. The zero-order valence-corrected chi connectivity index (χ0v) is 14.4. The van der Waals surface area contributed by atoms with E-state index in [1.807, 2.05) is 24.3 Å². The van der Waals surface area contributed by atoms with Crippen molar-refractivity contribution in [3.05, 3.63) is 34.3 Å². The molecule has 3 nitrogen and oxygen atoms in total. The molecule has 114 valence electrons. The molecule has 1 aromatic rings. The third kappa shape index (κ3) is 6.35. The van der Waals surface area contributed by atoms with Crippen LogP contribution in [-0.2, 0) is 0 Å². The second-order valence-electron chi connectivity index (χ2n) is 5.42. The summed E-state index contributed by atoms with van der Waals surface area (Å²) in [6.45, 7) is 6.36. The lowest BCUT2D eigenvalue weighted by molar-refractivity contribution is 0.141. The summed E-state index contributed by atoms with van der Waals surface area (Å²) in [5, 5.41) is 10.3. The van der Waals surface area contributed by atoms with Gasteiger partial charge >= 0.3 is 0 Å². The Balaban J connectivity index is 2.38. The van der Waals surface area contributed by atoms with Gasteiger partial charge in [0.05, 0.1) is 6.10 Å². The molecular formula is C16H27BrN2O. The van der Waals surface area contributed by atoms with Gasteiger partial charge < -0.3 is 14.9 Å². The highest BCUT2D eigenvalue weighted by Gasteiger charge is 2.12. The van der Waals surface area contributed by atoms with Gasteiger partial charge in [0.1, 0.15) is 0 Å². The monoisotopic (exact) mass is 342 g/mol. The molecule has 0 saturated heterocycles. The number of rotatable bonds is 9. The van der Waals surface area contributed by atoms with Crippen molar-refractivity contribution < 1.29 is 5.11 Å². The van der Waals surface area contributed by atoms with Crippen molar-refractivity contribution in [2.24, 2.45) is 0 Å². The topological polar surface area (TPSA) is 26.7 Å². The van der Waals surface area contributed by atoms with E-state index in [0.717, 1.165) is 42.6 Å². The molecule has 4 heteroatoms. The molecule has 0 spiro atoms. The fourth-order valence-corrected chi connectivity index (χ4v) is 2.79. The molecule has 0 radical (unpaired) electrons. The van der Waals surface area contributed by atoms with Crippen LogP contribution in [0.3, 0.4) is 0 Å². The van der Waals surface area contributed by atoms with Crippen LogP contribution >= 0.6 is 15.9 Å². The molecule has 0 heterocycles. The van der Waals surface area contributed by atoms with Crippen molar-refractivity contribution in [3.8, 4) is 0 Å². The van der Waals surface area contributed by atoms with E-state index in [-0.39, 0.29) is 0 Å². The number of hydrogen-bond acceptors (Lipinski definition) is 3. The highest BCUT2D eigenvalue weighted by Crippen LogP contribution is 2.25. The summed E-state index contributed by atoms with van der Waals surface area (Å²) in [6, 6.07) is 7.90. The third-order valence-corrected chi connectivity index (χ3v) is 4.23. The first kappa shape index (κ1) is 17.6. The van der Waals surface area contributed by atoms with Gasteiger partial charge in [0.25, 0.3) is 0 Å². The van der Waals surface area contributed by atoms with E-state index in [1.165, 1.54) is 6.42 Å². The molecule has 0 bridgehead atoms. The van der Waals surface area contributed by atoms with Crippen LogP contribution in [-0.4, -0.2) is 55.2 Å². The van der Waals surface area contributed by atoms with E-state index in [9.17, 15) is 5.11 Å². The van der Waals surface area contributed by atoms with Crippen LogP contribution in [0, 0.1) is 0 Å². The largest absolute Gasteiger partial charge is 0.388 e. The van der Waals surface area contributed by atoms with Crippen LogP contribution in [0.4, 0.5) is 0 Å². The molecule has 0 saturated carbocycles. The predicted octanol–water partition coefficient (Wildman–Crippen LogP) is 3.15. The van der Waals surface area contributed by atoms with Crippen molar-refractivity contribution in [3.63, 3.8) is 0 Å². The Labute approximate surface area is 131 Å². The van der Waals surface area contributed by atoms with E-state index in [0.29, 0.717) is 0 Å². The highest BCUT2D eigenvalue weighted by atomic mass is 79.9. The van der Waals surface area contributed by atoms with Gasteiger partial charge in [-0.2, -0.15) is 0 Å². The standard InChI is InChI=1S/C16H27BrN2O/c1-4-19(12-7-11-18(2)3)13-10-16(20)14-8-5-6-9-15(14)17/h5-6,8-9,16,20H,4,7,10-13H2,1-3H3. The molecule has 0 aliphatic heterocycles. The predicted molar refractivity (Wildman–Crippen MR) is 89.0 cm³/mol. The summed E-state index contributed by atoms with van der Waals surface area (Å²) in [6.07, 6.45) is 1.55. The molecule has 1 aromatic carbocycles. The molecule has 20 heavy (non-hydrogen) atoms.